The van der Waals surface area contributed by atoms with Crippen LogP contribution in [0.5, 0.6) is 0 Å². The topological polar surface area (TPSA) is 101 Å². The van der Waals surface area contributed by atoms with Gasteiger partial charge in [-0.3, -0.25) is 10.2 Å². The lowest BCUT2D eigenvalue weighted by atomic mass is 10.1. The Bertz CT molecular complexity index is 1080. The molecule has 0 atom stereocenters. The van der Waals surface area contributed by atoms with E-state index in [2.05, 4.69) is 10.4 Å². The molecule has 0 aliphatic carbocycles. The normalized spacial score (nSPS) is 11.6. The molecule has 2 N–H and O–H groups in total. The number of benzene rings is 1. The van der Waals surface area contributed by atoms with E-state index < -0.39 is 15.9 Å². The molecule has 3 rings (SSSR count). The van der Waals surface area contributed by atoms with Crippen LogP contribution >= 0.6 is 23.2 Å². The molecule has 25 heavy (non-hydrogen) atoms. The maximum Gasteiger partial charge on any atom is 0.302 e. The summed E-state index contributed by atoms with van der Waals surface area (Å²) in [4.78, 5) is 17.5. The van der Waals surface area contributed by atoms with Gasteiger partial charge in [-0.25, -0.2) is 13.4 Å². The van der Waals surface area contributed by atoms with Gasteiger partial charge in [0.2, 0.25) is 0 Å². The highest BCUT2D eigenvalue weighted by Gasteiger charge is 2.22. The molecule has 0 spiro atoms. The summed E-state index contributed by atoms with van der Waals surface area (Å²) in [6, 6.07) is 9.54. The van der Waals surface area contributed by atoms with E-state index in [1.165, 1.54) is 12.1 Å². The number of nitrogens with one attached hydrogen (secondary N) is 2. The zero-order valence-corrected chi connectivity index (χ0v) is 15.0. The number of amides is 1. The van der Waals surface area contributed by atoms with Crippen molar-refractivity contribution in [2.24, 2.45) is 0 Å². The molecule has 3 aromatic rings. The Hall–Kier alpha value is -2.13. The average molecular weight is 400 g/mol. The SMILES string of the molecule is Cc1c(C(=O)NNS(=O)(=O)c2ccc(Cl)nc2Cl)oc2ccccc12. The molecule has 130 valence electrons. The lowest BCUT2D eigenvalue weighted by Crippen LogP contribution is -2.41. The van der Waals surface area contributed by atoms with Crippen molar-refractivity contribution in [1.29, 1.82) is 0 Å². The van der Waals surface area contributed by atoms with E-state index in [4.69, 9.17) is 27.6 Å². The Morgan fingerprint density at radius 3 is 2.56 bits per heavy atom. The van der Waals surface area contributed by atoms with Gasteiger partial charge in [-0.15, -0.1) is 4.83 Å². The standard InChI is InChI=1S/C15H11Cl2N3O4S/c1-8-9-4-2-3-5-10(9)24-13(8)15(21)19-20-25(22,23)11-6-7-12(16)18-14(11)17/h2-7,20H,1H3,(H,19,21). The van der Waals surface area contributed by atoms with E-state index >= 15 is 0 Å². The third-order valence-corrected chi connectivity index (χ3v) is 5.31. The molecular weight excluding hydrogens is 389 g/mol. The Morgan fingerprint density at radius 2 is 1.88 bits per heavy atom. The Kier molecular flexibility index (Phi) is 4.70. The molecule has 10 heteroatoms. The summed E-state index contributed by atoms with van der Waals surface area (Å²) < 4.78 is 29.9. The Balaban J connectivity index is 1.82. The van der Waals surface area contributed by atoms with Gasteiger partial charge in [-0.05, 0) is 25.1 Å². The Labute approximate surface area is 153 Å². The van der Waals surface area contributed by atoms with Crippen LogP contribution in [0, 0.1) is 6.92 Å². The van der Waals surface area contributed by atoms with Crippen LogP contribution in [0.15, 0.2) is 45.7 Å². The van der Waals surface area contributed by atoms with Crippen molar-refractivity contribution in [2.75, 3.05) is 0 Å². The molecule has 0 bridgehead atoms. The molecule has 0 aliphatic rings. The Morgan fingerprint density at radius 1 is 1.16 bits per heavy atom. The van der Waals surface area contributed by atoms with Crippen molar-refractivity contribution in [2.45, 2.75) is 11.8 Å². The fourth-order valence-corrected chi connectivity index (χ4v) is 3.72. The maximum atomic E-state index is 12.3. The number of carbonyl (C=O) groups is 1. The average Bonchev–Trinajstić information content (AvgIpc) is 2.90. The van der Waals surface area contributed by atoms with Crippen molar-refractivity contribution in [1.82, 2.24) is 15.2 Å². The van der Waals surface area contributed by atoms with Gasteiger partial charge in [0.05, 0.1) is 0 Å². The maximum absolute atomic E-state index is 12.3. The number of aromatic nitrogens is 1. The van der Waals surface area contributed by atoms with Crippen molar-refractivity contribution < 1.29 is 17.6 Å². The van der Waals surface area contributed by atoms with Crippen LogP contribution < -0.4 is 10.3 Å². The smallest absolute Gasteiger partial charge is 0.302 e. The lowest BCUT2D eigenvalue weighted by molar-refractivity contribution is 0.0918. The van der Waals surface area contributed by atoms with Crippen LogP contribution in [0.3, 0.4) is 0 Å². The number of furan rings is 1. The summed E-state index contributed by atoms with van der Waals surface area (Å²) in [5.74, 6) is -0.737. The van der Waals surface area contributed by atoms with E-state index in [9.17, 15) is 13.2 Å². The second-order valence-corrected chi connectivity index (χ2v) is 7.43. The molecule has 0 radical (unpaired) electrons. The minimum atomic E-state index is -4.13. The minimum absolute atomic E-state index is 0.00391. The van der Waals surface area contributed by atoms with Crippen LogP contribution in [0.4, 0.5) is 0 Å². The van der Waals surface area contributed by atoms with Gasteiger partial charge in [0, 0.05) is 10.9 Å². The van der Waals surface area contributed by atoms with E-state index in [1.807, 2.05) is 10.9 Å². The van der Waals surface area contributed by atoms with Crippen molar-refractivity contribution >= 4 is 50.1 Å². The number of aryl methyl sites for hydroxylation is 1. The molecule has 2 heterocycles. The van der Waals surface area contributed by atoms with Gasteiger partial charge < -0.3 is 4.42 Å². The molecule has 1 aromatic carbocycles. The highest BCUT2D eigenvalue weighted by molar-refractivity contribution is 7.89. The predicted octanol–water partition coefficient (Wildman–Crippen LogP) is 3.07. The van der Waals surface area contributed by atoms with E-state index in [-0.39, 0.29) is 21.0 Å². The number of hydrazine groups is 1. The quantitative estimate of drug-likeness (QED) is 0.518. The third-order valence-electron chi connectivity index (χ3n) is 3.42. The summed E-state index contributed by atoms with van der Waals surface area (Å²) >= 11 is 11.4. The van der Waals surface area contributed by atoms with Crippen molar-refractivity contribution in [3.05, 3.63) is 58.0 Å². The largest absolute Gasteiger partial charge is 0.451 e. The number of carbonyl (C=O) groups excluding carboxylic acids is 1. The highest BCUT2D eigenvalue weighted by Crippen LogP contribution is 2.25. The highest BCUT2D eigenvalue weighted by atomic mass is 35.5. The monoisotopic (exact) mass is 399 g/mol. The number of nitrogens with zero attached hydrogens (tertiary/aromatic N) is 1. The van der Waals surface area contributed by atoms with Crippen LogP contribution in [-0.2, 0) is 10.0 Å². The van der Waals surface area contributed by atoms with Gasteiger partial charge in [-0.1, -0.05) is 41.4 Å². The van der Waals surface area contributed by atoms with Crippen LogP contribution in [0.1, 0.15) is 16.1 Å². The first kappa shape index (κ1) is 17.7. The molecule has 0 fully saturated rings. The molecule has 0 saturated heterocycles. The molecule has 2 aromatic heterocycles. The van der Waals surface area contributed by atoms with Crippen molar-refractivity contribution in [3.8, 4) is 0 Å². The summed E-state index contributed by atoms with van der Waals surface area (Å²) in [7, 11) is -4.13. The summed E-state index contributed by atoms with van der Waals surface area (Å²) in [6.07, 6.45) is 0. The molecule has 0 unspecified atom stereocenters. The summed E-state index contributed by atoms with van der Waals surface area (Å²) in [5, 5.41) is 0.500. The van der Waals surface area contributed by atoms with E-state index in [0.717, 1.165) is 5.39 Å². The summed E-state index contributed by atoms with van der Waals surface area (Å²) in [5.41, 5.74) is 3.21. The van der Waals surface area contributed by atoms with Gasteiger partial charge in [-0.2, -0.15) is 0 Å². The molecular formula is C15H11Cl2N3O4S. The number of fused-ring (bicyclic) bond motifs is 1. The van der Waals surface area contributed by atoms with Crippen molar-refractivity contribution in [3.63, 3.8) is 0 Å². The van der Waals surface area contributed by atoms with Gasteiger partial charge in [0.1, 0.15) is 15.6 Å². The second kappa shape index (κ2) is 6.64. The zero-order chi connectivity index (χ0) is 18.2. The van der Waals surface area contributed by atoms with Gasteiger partial charge in [0.25, 0.3) is 10.0 Å². The fraction of sp³-hybridized carbons (Fsp3) is 0.0667. The number of halogens is 2. The van der Waals surface area contributed by atoms with Gasteiger partial charge >= 0.3 is 5.91 Å². The van der Waals surface area contributed by atoms with E-state index in [0.29, 0.717) is 11.1 Å². The number of hydrogen-bond acceptors (Lipinski definition) is 5. The number of rotatable bonds is 4. The summed E-state index contributed by atoms with van der Waals surface area (Å²) in [6.45, 7) is 1.70. The minimum Gasteiger partial charge on any atom is -0.451 e. The molecule has 1 amide bonds. The number of hydrogen-bond donors (Lipinski definition) is 2. The van der Waals surface area contributed by atoms with Gasteiger partial charge in [0.15, 0.2) is 10.9 Å². The first-order chi connectivity index (χ1) is 11.8. The molecule has 7 nitrogen and oxygen atoms in total. The third kappa shape index (κ3) is 3.47. The fourth-order valence-electron chi connectivity index (χ4n) is 2.22. The number of sulfonamides is 1. The predicted molar refractivity (Wildman–Crippen MR) is 93.0 cm³/mol. The molecule has 0 aliphatic heterocycles. The molecule has 0 saturated carbocycles. The first-order valence-electron chi connectivity index (χ1n) is 6.92. The lowest BCUT2D eigenvalue weighted by Gasteiger charge is -2.08. The zero-order valence-electron chi connectivity index (χ0n) is 12.7. The number of pyridine rings is 1. The van der Waals surface area contributed by atoms with Crippen LogP contribution in [0.2, 0.25) is 10.3 Å². The van der Waals surface area contributed by atoms with E-state index in [1.54, 1.807) is 25.1 Å². The first-order valence-corrected chi connectivity index (χ1v) is 9.16. The van der Waals surface area contributed by atoms with Crippen LogP contribution in [-0.4, -0.2) is 19.3 Å². The number of para-hydroxylation sites is 1. The van der Waals surface area contributed by atoms with Crippen LogP contribution in [0.25, 0.3) is 11.0 Å². The second-order valence-electron chi connectivity index (χ2n) is 5.03.